The monoisotopic (exact) mass is 245 g/mol. The Bertz CT molecular complexity index is 448. The predicted octanol–water partition coefficient (Wildman–Crippen LogP) is 3.38. The Morgan fingerprint density at radius 1 is 1.28 bits per heavy atom. The molecule has 0 aliphatic heterocycles. The van der Waals surface area contributed by atoms with Gasteiger partial charge in [0.2, 0.25) is 0 Å². The minimum absolute atomic E-state index is 0.210. The molecule has 3 nitrogen and oxygen atoms in total. The van der Waals surface area contributed by atoms with E-state index >= 15 is 0 Å². The summed E-state index contributed by atoms with van der Waals surface area (Å²) < 4.78 is 5.39. The molecule has 3 heteroatoms. The molecule has 0 bridgehead atoms. The van der Waals surface area contributed by atoms with E-state index in [9.17, 15) is 4.79 Å². The van der Waals surface area contributed by atoms with E-state index in [1.54, 1.807) is 6.08 Å². The maximum Gasteiger partial charge on any atom is 0.157 e. The predicted molar refractivity (Wildman–Crippen MR) is 72.7 cm³/mol. The summed E-state index contributed by atoms with van der Waals surface area (Å²) in [6, 6.07) is 7.80. The van der Waals surface area contributed by atoms with E-state index in [0.29, 0.717) is 18.9 Å². The van der Waals surface area contributed by atoms with Gasteiger partial charge in [0.1, 0.15) is 5.75 Å². The fraction of sp³-hybridized carbons (Fsp3) is 0.400. The van der Waals surface area contributed by atoms with Crippen LogP contribution in [0.1, 0.15) is 26.7 Å². The van der Waals surface area contributed by atoms with Crippen LogP contribution in [0, 0.1) is 5.92 Å². The molecule has 1 aliphatic rings. The van der Waals surface area contributed by atoms with Crippen molar-refractivity contribution in [1.29, 1.82) is 0 Å². The van der Waals surface area contributed by atoms with Gasteiger partial charge in [0.05, 0.1) is 6.61 Å². The Hall–Kier alpha value is -1.77. The summed E-state index contributed by atoms with van der Waals surface area (Å²) in [6.45, 7) is 4.74. The zero-order valence-electron chi connectivity index (χ0n) is 10.9. The van der Waals surface area contributed by atoms with Crippen molar-refractivity contribution in [2.75, 3.05) is 11.9 Å². The Morgan fingerprint density at radius 2 is 2.00 bits per heavy atom. The molecule has 0 amide bonds. The van der Waals surface area contributed by atoms with Gasteiger partial charge in [0.25, 0.3) is 0 Å². The van der Waals surface area contributed by atoms with Crippen LogP contribution in [0.4, 0.5) is 5.69 Å². The molecule has 0 heterocycles. The lowest BCUT2D eigenvalue weighted by Crippen LogP contribution is -2.15. The van der Waals surface area contributed by atoms with Gasteiger partial charge in [-0.25, -0.2) is 0 Å². The molecule has 0 spiro atoms. The van der Waals surface area contributed by atoms with Gasteiger partial charge in [-0.3, -0.25) is 4.79 Å². The van der Waals surface area contributed by atoms with Crippen LogP contribution in [0.2, 0.25) is 0 Å². The van der Waals surface area contributed by atoms with E-state index in [0.717, 1.165) is 23.6 Å². The summed E-state index contributed by atoms with van der Waals surface area (Å²) in [5.41, 5.74) is 1.99. The van der Waals surface area contributed by atoms with Crippen LogP contribution in [0.5, 0.6) is 5.75 Å². The van der Waals surface area contributed by atoms with E-state index in [1.807, 2.05) is 31.2 Å². The number of carbonyl (C=O) groups is 1. The fourth-order valence-electron chi connectivity index (χ4n) is 2.18. The maximum atomic E-state index is 11.5. The Labute approximate surface area is 108 Å². The van der Waals surface area contributed by atoms with Crippen LogP contribution in [0.15, 0.2) is 36.0 Å². The summed E-state index contributed by atoms with van der Waals surface area (Å²) in [4.78, 5) is 11.5. The molecule has 0 aromatic heterocycles. The van der Waals surface area contributed by atoms with Crippen LogP contribution >= 0.6 is 0 Å². The molecule has 0 fully saturated rings. The topological polar surface area (TPSA) is 38.3 Å². The third-order valence-electron chi connectivity index (χ3n) is 2.92. The molecule has 2 rings (SSSR count). The number of carbonyl (C=O) groups excluding carboxylic acids is 1. The molecular weight excluding hydrogens is 226 g/mol. The van der Waals surface area contributed by atoms with Gasteiger partial charge in [-0.1, -0.05) is 6.92 Å². The molecular formula is C15H19NO2. The number of ketones is 1. The van der Waals surface area contributed by atoms with E-state index in [-0.39, 0.29) is 5.78 Å². The number of nitrogens with one attached hydrogen (secondary N) is 1. The average molecular weight is 245 g/mol. The number of hydrogen-bond acceptors (Lipinski definition) is 3. The number of benzene rings is 1. The van der Waals surface area contributed by atoms with Crippen molar-refractivity contribution in [3.05, 3.63) is 36.0 Å². The highest BCUT2D eigenvalue weighted by atomic mass is 16.5. The van der Waals surface area contributed by atoms with Gasteiger partial charge >= 0.3 is 0 Å². The lowest BCUT2D eigenvalue weighted by atomic mass is 9.93. The summed E-state index contributed by atoms with van der Waals surface area (Å²) in [5, 5.41) is 3.30. The first-order valence-electron chi connectivity index (χ1n) is 6.40. The maximum absolute atomic E-state index is 11.5. The van der Waals surface area contributed by atoms with Crippen molar-refractivity contribution >= 4 is 11.5 Å². The van der Waals surface area contributed by atoms with Crippen LogP contribution < -0.4 is 10.1 Å². The first-order valence-corrected chi connectivity index (χ1v) is 6.40. The number of rotatable bonds is 4. The lowest BCUT2D eigenvalue weighted by molar-refractivity contribution is -0.115. The number of allylic oxidation sites excluding steroid dienone is 2. The molecule has 1 aromatic carbocycles. The van der Waals surface area contributed by atoms with E-state index in [4.69, 9.17) is 4.74 Å². The molecule has 1 N–H and O–H groups in total. The Morgan fingerprint density at radius 3 is 2.61 bits per heavy atom. The molecule has 1 aliphatic carbocycles. The zero-order chi connectivity index (χ0) is 13.0. The number of anilines is 1. The average Bonchev–Trinajstić information content (AvgIpc) is 2.31. The third-order valence-corrected chi connectivity index (χ3v) is 2.92. The fourth-order valence-corrected chi connectivity index (χ4v) is 2.18. The van der Waals surface area contributed by atoms with Crippen molar-refractivity contribution < 1.29 is 9.53 Å². The second-order valence-corrected chi connectivity index (χ2v) is 4.73. The van der Waals surface area contributed by atoms with Gasteiger partial charge in [0.15, 0.2) is 5.78 Å². The number of hydrogen-bond donors (Lipinski definition) is 1. The highest BCUT2D eigenvalue weighted by Crippen LogP contribution is 2.24. The lowest BCUT2D eigenvalue weighted by Gasteiger charge is -2.19. The zero-order valence-corrected chi connectivity index (χ0v) is 10.9. The summed E-state index contributed by atoms with van der Waals surface area (Å²) in [6.07, 6.45) is 3.31. The normalized spacial score (nSPS) is 19.3. The summed E-state index contributed by atoms with van der Waals surface area (Å²) in [5.74, 6) is 1.50. The van der Waals surface area contributed by atoms with Crippen molar-refractivity contribution in [1.82, 2.24) is 0 Å². The van der Waals surface area contributed by atoms with Gasteiger partial charge in [-0.05, 0) is 43.5 Å². The molecule has 0 unspecified atom stereocenters. The van der Waals surface area contributed by atoms with Crippen LogP contribution in [-0.4, -0.2) is 12.4 Å². The van der Waals surface area contributed by atoms with Gasteiger partial charge < -0.3 is 10.1 Å². The van der Waals surface area contributed by atoms with E-state index in [1.165, 1.54) is 0 Å². The molecule has 0 radical (unpaired) electrons. The molecule has 1 atom stereocenters. The second kappa shape index (κ2) is 5.71. The first kappa shape index (κ1) is 12.7. The molecule has 1 aromatic rings. The van der Waals surface area contributed by atoms with Crippen molar-refractivity contribution in [3.8, 4) is 5.75 Å². The Balaban J connectivity index is 2.03. The standard InChI is InChI=1S/C15H19NO2/c1-3-18-15-6-4-12(5-7-15)16-13-8-11(2)9-14(17)10-13/h4-7,10-11,16H,3,8-9H2,1-2H3/t11-/m0/s1. The van der Waals surface area contributed by atoms with Gasteiger partial charge in [-0.15, -0.1) is 0 Å². The first-order chi connectivity index (χ1) is 8.67. The largest absolute Gasteiger partial charge is 0.494 e. The van der Waals surface area contributed by atoms with Crippen LogP contribution in [0.25, 0.3) is 0 Å². The molecule has 0 saturated heterocycles. The summed E-state index contributed by atoms with van der Waals surface area (Å²) >= 11 is 0. The second-order valence-electron chi connectivity index (χ2n) is 4.73. The minimum Gasteiger partial charge on any atom is -0.494 e. The highest BCUT2D eigenvalue weighted by molar-refractivity contribution is 5.91. The van der Waals surface area contributed by atoms with Crippen molar-refractivity contribution in [3.63, 3.8) is 0 Å². The van der Waals surface area contributed by atoms with E-state index < -0.39 is 0 Å². The van der Waals surface area contributed by atoms with Gasteiger partial charge in [0, 0.05) is 23.9 Å². The Kier molecular flexibility index (Phi) is 4.03. The SMILES string of the molecule is CCOc1ccc(NC2=CC(=O)C[C@@H](C)C2)cc1. The van der Waals surface area contributed by atoms with Crippen LogP contribution in [0.3, 0.4) is 0 Å². The number of ether oxygens (including phenoxy) is 1. The van der Waals surface area contributed by atoms with Crippen LogP contribution in [-0.2, 0) is 4.79 Å². The molecule has 18 heavy (non-hydrogen) atoms. The quantitative estimate of drug-likeness (QED) is 0.883. The third kappa shape index (κ3) is 3.36. The molecule has 96 valence electrons. The molecule has 0 saturated carbocycles. The van der Waals surface area contributed by atoms with Gasteiger partial charge in [-0.2, -0.15) is 0 Å². The highest BCUT2D eigenvalue weighted by Gasteiger charge is 2.16. The minimum atomic E-state index is 0.210. The smallest absolute Gasteiger partial charge is 0.157 e. The van der Waals surface area contributed by atoms with Crippen molar-refractivity contribution in [2.45, 2.75) is 26.7 Å². The van der Waals surface area contributed by atoms with E-state index in [2.05, 4.69) is 12.2 Å². The summed E-state index contributed by atoms with van der Waals surface area (Å²) in [7, 11) is 0. The van der Waals surface area contributed by atoms with Crippen molar-refractivity contribution in [2.24, 2.45) is 5.92 Å².